The van der Waals surface area contributed by atoms with E-state index in [1.54, 1.807) is 52.0 Å². The van der Waals surface area contributed by atoms with E-state index < -0.39 is 64.2 Å². The Morgan fingerprint density at radius 1 is 1.02 bits per heavy atom. The summed E-state index contributed by atoms with van der Waals surface area (Å²) in [5.41, 5.74) is 15.3. The van der Waals surface area contributed by atoms with Crippen molar-refractivity contribution in [3.63, 3.8) is 0 Å². The minimum absolute atomic E-state index is 0.0578. The first kappa shape index (κ1) is 44.4. The number of hydrogen-bond donors (Lipinski definition) is 5. The van der Waals surface area contributed by atoms with E-state index in [2.05, 4.69) is 26.9 Å². The summed E-state index contributed by atoms with van der Waals surface area (Å²) in [6, 6.07) is 5.30. The SMILES string of the molecule is C=CCOC(=O)C[C@H](NC(=O)[C@@H](NC(=O)[C@@H](N)CCCN=C(N)NS(=O)(=O)c1c(C)c(C)c2c(c1C)CCC(C)(C)O2)C(C)C)C(=O)OCc1ccccc1. The third kappa shape index (κ3) is 12.5. The molecule has 1 aliphatic heterocycles. The van der Waals surface area contributed by atoms with Gasteiger partial charge in [0.25, 0.3) is 10.0 Å². The highest BCUT2D eigenvalue weighted by Crippen LogP contribution is 2.42. The summed E-state index contributed by atoms with van der Waals surface area (Å²) in [4.78, 5) is 56.1. The number of ether oxygens (including phenoxy) is 3. The van der Waals surface area contributed by atoms with Crippen molar-refractivity contribution in [1.29, 1.82) is 0 Å². The van der Waals surface area contributed by atoms with Crippen LogP contribution in [0.25, 0.3) is 0 Å². The van der Waals surface area contributed by atoms with Crippen molar-refractivity contribution in [1.82, 2.24) is 15.4 Å². The van der Waals surface area contributed by atoms with Gasteiger partial charge in [-0.1, -0.05) is 56.8 Å². The van der Waals surface area contributed by atoms with E-state index in [4.69, 9.17) is 25.7 Å². The number of carbonyl (C=O) groups is 4. The van der Waals surface area contributed by atoms with Gasteiger partial charge in [0.15, 0.2) is 0 Å². The van der Waals surface area contributed by atoms with Crippen LogP contribution in [0.5, 0.6) is 5.75 Å². The van der Waals surface area contributed by atoms with E-state index >= 15 is 0 Å². The molecular formula is C39H56N6O9S. The molecule has 55 heavy (non-hydrogen) atoms. The molecular weight excluding hydrogens is 729 g/mol. The van der Waals surface area contributed by atoms with Crippen LogP contribution in [0.4, 0.5) is 0 Å². The van der Waals surface area contributed by atoms with Gasteiger partial charge in [-0.15, -0.1) is 0 Å². The molecule has 1 aliphatic rings. The van der Waals surface area contributed by atoms with Crippen LogP contribution in [0.15, 0.2) is 52.9 Å². The molecule has 0 saturated heterocycles. The quantitative estimate of drug-likeness (QED) is 0.0485. The molecule has 0 saturated carbocycles. The number of sulfonamides is 1. The van der Waals surface area contributed by atoms with Crippen molar-refractivity contribution >= 4 is 39.7 Å². The van der Waals surface area contributed by atoms with E-state index in [0.29, 0.717) is 23.1 Å². The Labute approximate surface area is 324 Å². The molecule has 3 atom stereocenters. The Hall–Kier alpha value is -4.96. The molecule has 16 heteroatoms. The molecule has 15 nitrogen and oxygen atoms in total. The number of amides is 2. The largest absolute Gasteiger partial charge is 0.487 e. The first-order valence-electron chi connectivity index (χ1n) is 18.3. The molecule has 0 fully saturated rings. The number of hydrogen-bond acceptors (Lipinski definition) is 11. The number of aliphatic imine (C=N–C) groups is 1. The minimum atomic E-state index is -4.09. The molecule has 0 bridgehead atoms. The van der Waals surface area contributed by atoms with E-state index in [9.17, 15) is 27.6 Å². The van der Waals surface area contributed by atoms with Gasteiger partial charge in [-0.2, -0.15) is 0 Å². The summed E-state index contributed by atoms with van der Waals surface area (Å²) in [6.07, 6.45) is 2.67. The van der Waals surface area contributed by atoms with Crippen LogP contribution < -0.4 is 31.6 Å². The van der Waals surface area contributed by atoms with Crippen LogP contribution in [0, 0.1) is 26.7 Å². The van der Waals surface area contributed by atoms with Crippen molar-refractivity contribution in [3.8, 4) is 5.75 Å². The number of rotatable bonds is 18. The Morgan fingerprint density at radius 2 is 1.69 bits per heavy atom. The third-order valence-electron chi connectivity index (χ3n) is 9.27. The lowest BCUT2D eigenvalue weighted by Gasteiger charge is -2.35. The summed E-state index contributed by atoms with van der Waals surface area (Å²) < 4.78 is 46.0. The number of benzene rings is 2. The number of nitrogens with zero attached hydrogens (tertiary/aromatic N) is 1. The maximum atomic E-state index is 13.5. The number of fused-ring (bicyclic) bond motifs is 1. The zero-order valence-corrected chi connectivity index (χ0v) is 33.6. The molecule has 1 heterocycles. The molecule has 0 spiro atoms. The minimum Gasteiger partial charge on any atom is -0.487 e. The van der Waals surface area contributed by atoms with E-state index in [1.165, 1.54) is 6.08 Å². The lowest BCUT2D eigenvalue weighted by Crippen LogP contribution is -2.56. The average molecular weight is 785 g/mol. The van der Waals surface area contributed by atoms with E-state index in [1.807, 2.05) is 26.8 Å². The highest BCUT2D eigenvalue weighted by molar-refractivity contribution is 7.90. The van der Waals surface area contributed by atoms with Crippen LogP contribution in [-0.4, -0.2) is 75.0 Å². The lowest BCUT2D eigenvalue weighted by molar-refractivity contribution is -0.154. The van der Waals surface area contributed by atoms with E-state index in [0.717, 1.165) is 23.3 Å². The molecule has 2 aromatic carbocycles. The zero-order valence-electron chi connectivity index (χ0n) is 32.8. The van der Waals surface area contributed by atoms with Gasteiger partial charge in [0.1, 0.15) is 36.6 Å². The molecule has 2 amide bonds. The Bertz CT molecular complexity index is 1860. The summed E-state index contributed by atoms with van der Waals surface area (Å²) >= 11 is 0. The van der Waals surface area contributed by atoms with Crippen LogP contribution in [-0.2, 0) is 51.7 Å². The second kappa shape index (κ2) is 19.6. The van der Waals surface area contributed by atoms with Gasteiger partial charge in [-0.25, -0.2) is 17.9 Å². The van der Waals surface area contributed by atoms with Gasteiger partial charge in [-0.05, 0) is 94.0 Å². The van der Waals surface area contributed by atoms with Gasteiger partial charge in [0.05, 0.1) is 17.4 Å². The molecule has 0 unspecified atom stereocenters. The Morgan fingerprint density at radius 3 is 2.33 bits per heavy atom. The molecule has 0 aliphatic carbocycles. The van der Waals surface area contributed by atoms with Gasteiger partial charge in [-0.3, -0.25) is 19.4 Å². The average Bonchev–Trinajstić information content (AvgIpc) is 3.11. The summed E-state index contributed by atoms with van der Waals surface area (Å²) in [7, 11) is -4.09. The second-order valence-electron chi connectivity index (χ2n) is 14.6. The number of esters is 2. The summed E-state index contributed by atoms with van der Waals surface area (Å²) in [5, 5.41) is 5.15. The van der Waals surface area contributed by atoms with E-state index in [-0.39, 0.29) is 49.1 Å². The fourth-order valence-electron chi connectivity index (χ4n) is 6.07. The van der Waals surface area contributed by atoms with Crippen molar-refractivity contribution in [2.45, 2.75) is 116 Å². The van der Waals surface area contributed by atoms with Gasteiger partial charge in [0.2, 0.25) is 17.8 Å². The highest BCUT2D eigenvalue weighted by atomic mass is 32.2. The molecule has 0 aromatic heterocycles. The maximum Gasteiger partial charge on any atom is 0.329 e. The number of carbonyl (C=O) groups excluding carboxylic acids is 4. The fraction of sp³-hybridized carbons (Fsp3) is 0.513. The number of nitrogens with two attached hydrogens (primary N) is 2. The molecule has 7 N–H and O–H groups in total. The second-order valence-corrected chi connectivity index (χ2v) is 16.2. The molecule has 2 aromatic rings. The molecule has 302 valence electrons. The monoisotopic (exact) mass is 784 g/mol. The third-order valence-corrected chi connectivity index (χ3v) is 10.9. The first-order valence-corrected chi connectivity index (χ1v) is 19.7. The topological polar surface area (TPSA) is 231 Å². The van der Waals surface area contributed by atoms with Gasteiger partial charge in [0, 0.05) is 6.54 Å². The van der Waals surface area contributed by atoms with Crippen LogP contribution in [0.2, 0.25) is 0 Å². The fourth-order valence-corrected chi connectivity index (χ4v) is 7.60. The van der Waals surface area contributed by atoms with Crippen LogP contribution in [0.3, 0.4) is 0 Å². The standard InChI is InChI=1S/C39H56N6O9S/c1-9-20-52-31(46)21-30(37(49)53-22-27-14-11-10-12-15-27)43-36(48)32(23(2)3)44-35(47)29(40)16-13-19-42-38(41)45-55(50,51)34-25(5)24(4)33-28(26(34)6)17-18-39(7,8)54-33/h9-12,14-15,23,29-30,32H,1,13,16-22,40H2,2-8H3,(H,43,48)(H,44,47)(H3,41,42,45)/t29-,30-,32-/m0/s1. The van der Waals surface area contributed by atoms with Crippen molar-refractivity contribution in [2.24, 2.45) is 22.4 Å². The predicted molar refractivity (Wildman–Crippen MR) is 208 cm³/mol. The molecule has 0 radical (unpaired) electrons. The number of guanidine groups is 1. The van der Waals surface area contributed by atoms with Gasteiger partial charge >= 0.3 is 11.9 Å². The normalized spacial score (nSPS) is 15.4. The zero-order chi connectivity index (χ0) is 41.1. The van der Waals surface area contributed by atoms with Crippen molar-refractivity contribution in [3.05, 3.63) is 70.8 Å². The van der Waals surface area contributed by atoms with Crippen LogP contribution in [0.1, 0.15) is 81.2 Å². The first-order chi connectivity index (χ1) is 25.8. The van der Waals surface area contributed by atoms with Gasteiger partial charge < -0.3 is 36.3 Å². The number of nitrogens with one attached hydrogen (secondary N) is 3. The predicted octanol–water partition coefficient (Wildman–Crippen LogP) is 2.90. The summed E-state index contributed by atoms with van der Waals surface area (Å²) in [5.74, 6) is -3.02. The Balaban J connectivity index is 1.59. The smallest absolute Gasteiger partial charge is 0.329 e. The van der Waals surface area contributed by atoms with Crippen molar-refractivity contribution in [2.75, 3.05) is 13.2 Å². The highest BCUT2D eigenvalue weighted by Gasteiger charge is 2.35. The van der Waals surface area contributed by atoms with Crippen molar-refractivity contribution < 1.29 is 41.8 Å². The maximum absolute atomic E-state index is 13.5. The Kier molecular flexibility index (Phi) is 15.8. The van der Waals surface area contributed by atoms with Crippen LogP contribution >= 0.6 is 0 Å². The summed E-state index contributed by atoms with van der Waals surface area (Å²) in [6.45, 7) is 16.1. The lowest BCUT2D eigenvalue weighted by atomic mass is 9.88. The molecule has 3 rings (SSSR count).